The molecule has 0 amide bonds. The maximum Gasteiger partial charge on any atom is 0.358 e. The van der Waals surface area contributed by atoms with Crippen LogP contribution >= 0.6 is 0 Å². The molecule has 0 spiro atoms. The number of carbonyl (C=O) groups is 1. The number of azo groups is 1. The molecule has 0 bridgehead atoms. The summed E-state index contributed by atoms with van der Waals surface area (Å²) < 4.78 is 15.1. The van der Waals surface area contributed by atoms with Crippen LogP contribution in [-0.2, 0) is 0 Å². The molecule has 0 unspecified atom stereocenters. The lowest BCUT2D eigenvalue weighted by Gasteiger charge is -1.98. The minimum atomic E-state index is -1.22. The average Bonchev–Trinajstić information content (AvgIpc) is 2.84. The van der Waals surface area contributed by atoms with E-state index in [0.29, 0.717) is 5.65 Å². The van der Waals surface area contributed by atoms with Crippen LogP contribution in [0.2, 0.25) is 0 Å². The molecule has 3 aromatic rings. The molecule has 110 valence electrons. The van der Waals surface area contributed by atoms with E-state index < -0.39 is 11.8 Å². The van der Waals surface area contributed by atoms with Crippen molar-refractivity contribution in [2.75, 3.05) is 0 Å². The van der Waals surface area contributed by atoms with Gasteiger partial charge in [0.1, 0.15) is 11.3 Å². The van der Waals surface area contributed by atoms with Gasteiger partial charge < -0.3 is 5.11 Å². The Labute approximate surface area is 124 Å². The molecule has 0 saturated heterocycles. The Morgan fingerprint density at radius 2 is 2.00 bits per heavy atom. The standard InChI is InChI=1S/C15H11FN4O2/c1-9-6-7-12-17-13(15(21)22)14(20(12)8-9)19-18-11-5-3-2-4-10(11)16/h2-8H,1H3,(H,21,22). The van der Waals surface area contributed by atoms with Crippen molar-refractivity contribution >= 4 is 23.1 Å². The Kier molecular flexibility index (Phi) is 3.38. The summed E-state index contributed by atoms with van der Waals surface area (Å²) in [5.74, 6) is -1.70. The van der Waals surface area contributed by atoms with Gasteiger partial charge in [-0.25, -0.2) is 14.2 Å². The molecule has 0 fully saturated rings. The fourth-order valence-corrected chi connectivity index (χ4v) is 2.01. The SMILES string of the molecule is Cc1ccc2nc(C(=O)O)c(N=Nc3ccccc3F)n2c1. The number of hydrogen-bond acceptors (Lipinski definition) is 4. The van der Waals surface area contributed by atoms with Crippen molar-refractivity contribution in [3.8, 4) is 0 Å². The minimum Gasteiger partial charge on any atom is -0.476 e. The fraction of sp³-hybridized carbons (Fsp3) is 0.0667. The highest BCUT2D eigenvalue weighted by atomic mass is 19.1. The molecule has 0 atom stereocenters. The third-order valence-electron chi connectivity index (χ3n) is 3.05. The number of nitrogens with zero attached hydrogens (tertiary/aromatic N) is 4. The quantitative estimate of drug-likeness (QED) is 0.745. The lowest BCUT2D eigenvalue weighted by Crippen LogP contribution is -1.96. The number of rotatable bonds is 3. The number of carboxylic acid groups (broad SMARTS) is 1. The van der Waals surface area contributed by atoms with Gasteiger partial charge >= 0.3 is 5.97 Å². The van der Waals surface area contributed by atoms with Gasteiger partial charge in [0.2, 0.25) is 0 Å². The first-order valence-corrected chi connectivity index (χ1v) is 6.44. The third kappa shape index (κ3) is 2.44. The maximum absolute atomic E-state index is 13.6. The average molecular weight is 298 g/mol. The summed E-state index contributed by atoms with van der Waals surface area (Å²) in [6, 6.07) is 9.36. The molecule has 7 heteroatoms. The zero-order valence-corrected chi connectivity index (χ0v) is 11.6. The van der Waals surface area contributed by atoms with E-state index in [1.165, 1.54) is 22.6 Å². The number of imidazole rings is 1. The Morgan fingerprint density at radius 1 is 1.23 bits per heavy atom. The second-order valence-electron chi connectivity index (χ2n) is 4.68. The van der Waals surface area contributed by atoms with Gasteiger partial charge in [0.25, 0.3) is 0 Å². The van der Waals surface area contributed by atoms with Crippen molar-refractivity contribution in [2.24, 2.45) is 10.2 Å². The Balaban J connectivity index is 2.16. The van der Waals surface area contributed by atoms with Crippen LogP contribution < -0.4 is 0 Å². The monoisotopic (exact) mass is 298 g/mol. The number of pyridine rings is 1. The van der Waals surface area contributed by atoms with Gasteiger partial charge in [-0.15, -0.1) is 10.2 Å². The molecule has 2 heterocycles. The Hall–Kier alpha value is -3.09. The molecule has 0 saturated carbocycles. The van der Waals surface area contributed by atoms with Crippen LogP contribution in [0.3, 0.4) is 0 Å². The molecular weight excluding hydrogens is 287 g/mol. The highest BCUT2D eigenvalue weighted by Gasteiger charge is 2.18. The van der Waals surface area contributed by atoms with Crippen LogP contribution in [0.15, 0.2) is 52.8 Å². The second-order valence-corrected chi connectivity index (χ2v) is 4.68. The lowest BCUT2D eigenvalue weighted by molar-refractivity contribution is 0.0692. The van der Waals surface area contributed by atoms with Crippen LogP contribution in [0.1, 0.15) is 16.1 Å². The smallest absolute Gasteiger partial charge is 0.358 e. The van der Waals surface area contributed by atoms with E-state index in [2.05, 4.69) is 15.2 Å². The number of fused-ring (bicyclic) bond motifs is 1. The molecule has 1 aromatic carbocycles. The van der Waals surface area contributed by atoms with Crippen molar-refractivity contribution in [1.29, 1.82) is 0 Å². The summed E-state index contributed by atoms with van der Waals surface area (Å²) in [7, 11) is 0. The van der Waals surface area contributed by atoms with E-state index in [1.54, 1.807) is 18.3 Å². The number of aromatic carboxylic acids is 1. The number of benzene rings is 1. The summed E-state index contributed by atoms with van der Waals surface area (Å²) in [6.07, 6.45) is 1.70. The van der Waals surface area contributed by atoms with Crippen molar-refractivity contribution in [3.05, 3.63) is 59.7 Å². The van der Waals surface area contributed by atoms with Crippen molar-refractivity contribution in [2.45, 2.75) is 6.92 Å². The predicted molar refractivity (Wildman–Crippen MR) is 77.5 cm³/mol. The van der Waals surface area contributed by atoms with E-state index in [-0.39, 0.29) is 17.2 Å². The summed E-state index contributed by atoms with van der Waals surface area (Å²) in [5, 5.41) is 16.9. The highest BCUT2D eigenvalue weighted by molar-refractivity contribution is 5.91. The van der Waals surface area contributed by atoms with Crippen molar-refractivity contribution in [1.82, 2.24) is 9.38 Å². The van der Waals surface area contributed by atoms with Gasteiger partial charge in [-0.3, -0.25) is 4.40 Å². The molecule has 3 rings (SSSR count). The van der Waals surface area contributed by atoms with Crippen LogP contribution in [0.5, 0.6) is 0 Å². The number of halogens is 1. The molecule has 0 aliphatic heterocycles. The van der Waals surface area contributed by atoms with Crippen LogP contribution in [0, 0.1) is 12.7 Å². The van der Waals surface area contributed by atoms with Crippen LogP contribution in [0.4, 0.5) is 15.9 Å². The van der Waals surface area contributed by atoms with Crippen LogP contribution in [0.25, 0.3) is 5.65 Å². The first-order valence-electron chi connectivity index (χ1n) is 6.44. The van der Waals surface area contributed by atoms with Gasteiger partial charge in [-0.2, -0.15) is 0 Å². The summed E-state index contributed by atoms with van der Waals surface area (Å²) in [6.45, 7) is 1.86. The second kappa shape index (κ2) is 5.36. The maximum atomic E-state index is 13.6. The van der Waals surface area contributed by atoms with Gasteiger partial charge in [-0.1, -0.05) is 18.2 Å². The summed E-state index contributed by atoms with van der Waals surface area (Å²) in [4.78, 5) is 15.3. The number of aromatic nitrogens is 2. The van der Waals surface area contributed by atoms with Gasteiger partial charge in [0, 0.05) is 6.20 Å². The first-order chi connectivity index (χ1) is 10.6. The molecule has 1 N–H and O–H groups in total. The molecule has 0 aliphatic carbocycles. The Morgan fingerprint density at radius 3 is 2.73 bits per heavy atom. The van der Waals surface area contributed by atoms with E-state index in [9.17, 15) is 14.3 Å². The zero-order chi connectivity index (χ0) is 15.7. The largest absolute Gasteiger partial charge is 0.476 e. The van der Waals surface area contributed by atoms with Crippen molar-refractivity contribution < 1.29 is 14.3 Å². The van der Waals surface area contributed by atoms with Crippen molar-refractivity contribution in [3.63, 3.8) is 0 Å². The molecule has 0 aliphatic rings. The van der Waals surface area contributed by atoms with E-state index >= 15 is 0 Å². The van der Waals surface area contributed by atoms with Gasteiger partial charge in [0.05, 0.1) is 0 Å². The van der Waals surface area contributed by atoms with Gasteiger partial charge in [0.15, 0.2) is 17.3 Å². The van der Waals surface area contributed by atoms with Crippen LogP contribution in [-0.4, -0.2) is 20.5 Å². The normalized spacial score (nSPS) is 11.4. The Bertz CT molecular complexity index is 902. The minimum absolute atomic E-state index is 0.0291. The molecule has 0 radical (unpaired) electrons. The lowest BCUT2D eigenvalue weighted by atomic mass is 10.3. The molecule has 22 heavy (non-hydrogen) atoms. The first kappa shape index (κ1) is 13.9. The topological polar surface area (TPSA) is 79.3 Å². The number of carboxylic acids is 1. The summed E-state index contributed by atoms with van der Waals surface area (Å²) >= 11 is 0. The van der Waals surface area contributed by atoms with E-state index in [1.807, 2.05) is 13.0 Å². The van der Waals surface area contributed by atoms with E-state index in [4.69, 9.17) is 0 Å². The molecule has 2 aromatic heterocycles. The third-order valence-corrected chi connectivity index (χ3v) is 3.05. The molecular formula is C15H11FN4O2. The van der Waals surface area contributed by atoms with Gasteiger partial charge in [-0.05, 0) is 30.7 Å². The van der Waals surface area contributed by atoms with E-state index in [0.717, 1.165) is 5.56 Å². The molecule has 6 nitrogen and oxygen atoms in total. The zero-order valence-electron chi connectivity index (χ0n) is 11.6. The predicted octanol–water partition coefficient (Wildman–Crippen LogP) is 3.90. The summed E-state index contributed by atoms with van der Waals surface area (Å²) in [5.41, 5.74) is 1.14. The number of aryl methyl sites for hydroxylation is 1. The fourth-order valence-electron chi connectivity index (χ4n) is 2.01. The highest BCUT2D eigenvalue weighted by Crippen LogP contribution is 2.25. The number of hydrogen-bond donors (Lipinski definition) is 1.